The number of aldehydes is 1. The second-order valence-corrected chi connectivity index (χ2v) is 4.52. The van der Waals surface area contributed by atoms with E-state index >= 15 is 0 Å². The summed E-state index contributed by atoms with van der Waals surface area (Å²) in [6, 6.07) is -0.363. The summed E-state index contributed by atoms with van der Waals surface area (Å²) in [5.74, 6) is 0. The average molecular weight is 232 g/mol. The van der Waals surface area contributed by atoms with Gasteiger partial charge in [0.25, 0.3) is 0 Å². The number of methoxy groups -OCH3 is 1. The molecule has 0 aromatic rings. The van der Waals surface area contributed by atoms with Crippen molar-refractivity contribution in [2.75, 3.05) is 13.8 Å². The molecule has 2 unspecified atom stereocenters. The number of nitrogens with one attached hydrogen (secondary N) is 1. The van der Waals surface area contributed by atoms with Gasteiger partial charge < -0.3 is 15.2 Å². The van der Waals surface area contributed by atoms with E-state index in [1.807, 2.05) is 20.8 Å². The molecule has 3 N–H and O–H groups in total. The first-order chi connectivity index (χ1) is 7.32. The molecule has 6 heteroatoms. The Morgan fingerprint density at radius 2 is 2.06 bits per heavy atom. The fraction of sp³-hybridized carbons (Fsp3) is 0.800. The van der Waals surface area contributed by atoms with Crippen LogP contribution in [0.2, 0.25) is 0 Å². The molecule has 1 amide bonds. The summed E-state index contributed by atoms with van der Waals surface area (Å²) in [4.78, 5) is 21.5. The normalized spacial score (nSPS) is 15.2. The van der Waals surface area contributed by atoms with Crippen molar-refractivity contribution < 1.29 is 19.1 Å². The zero-order valence-electron chi connectivity index (χ0n) is 10.1. The van der Waals surface area contributed by atoms with Crippen molar-refractivity contribution in [2.45, 2.75) is 32.9 Å². The predicted octanol–water partition coefficient (Wildman–Crippen LogP) is 0.257. The molecule has 0 rings (SSSR count). The molecule has 0 spiro atoms. The van der Waals surface area contributed by atoms with Gasteiger partial charge in [-0.2, -0.15) is 0 Å². The first-order valence-electron chi connectivity index (χ1n) is 4.96. The summed E-state index contributed by atoms with van der Waals surface area (Å²) in [7, 11) is 1.53. The Hall–Kier alpha value is -1.14. The summed E-state index contributed by atoms with van der Waals surface area (Å²) in [6.07, 6.45) is -1.33. The van der Waals surface area contributed by atoms with Crippen molar-refractivity contribution in [3.05, 3.63) is 0 Å². The van der Waals surface area contributed by atoms with Crippen LogP contribution in [0.4, 0.5) is 4.79 Å². The van der Waals surface area contributed by atoms with Crippen LogP contribution in [0.3, 0.4) is 0 Å². The minimum Gasteiger partial charge on any atom is -0.437 e. The summed E-state index contributed by atoms with van der Waals surface area (Å²) >= 11 is 0. The lowest BCUT2D eigenvalue weighted by molar-refractivity contribution is -0.118. The lowest BCUT2D eigenvalue weighted by Crippen LogP contribution is -2.52. The van der Waals surface area contributed by atoms with Crippen LogP contribution in [-0.2, 0) is 14.3 Å². The van der Waals surface area contributed by atoms with Gasteiger partial charge in [0, 0.05) is 7.11 Å². The molecule has 0 radical (unpaired) electrons. The smallest absolute Gasteiger partial charge is 0.405 e. The maximum absolute atomic E-state index is 10.9. The number of carbonyl (C=O) groups is 2. The molecule has 0 heterocycles. The Morgan fingerprint density at radius 3 is 2.38 bits per heavy atom. The molecule has 0 aromatic heterocycles. The first-order valence-corrected chi connectivity index (χ1v) is 4.96. The van der Waals surface area contributed by atoms with Crippen molar-refractivity contribution in [2.24, 2.45) is 11.1 Å². The SMILES string of the molecule is COCNC(C(C=O)OC(N)=O)C(C)(C)C. The quantitative estimate of drug-likeness (QED) is 0.506. The lowest BCUT2D eigenvalue weighted by Gasteiger charge is -2.34. The lowest BCUT2D eigenvalue weighted by atomic mass is 9.83. The van der Waals surface area contributed by atoms with Crippen molar-refractivity contribution in [3.63, 3.8) is 0 Å². The standard InChI is InChI=1S/C10H20N2O4/c1-10(2,3)8(12-6-15-4)7(5-13)16-9(11)14/h5,7-8,12H,6H2,1-4H3,(H2,11,14). The number of amides is 1. The van der Waals surface area contributed by atoms with Crippen LogP contribution in [0.5, 0.6) is 0 Å². The number of primary amides is 1. The average Bonchev–Trinajstić information content (AvgIpc) is 2.14. The second-order valence-electron chi connectivity index (χ2n) is 4.52. The Balaban J connectivity index is 4.69. The molecule has 2 atom stereocenters. The number of nitrogens with two attached hydrogens (primary N) is 1. The third kappa shape index (κ3) is 5.09. The molecule has 0 saturated carbocycles. The second kappa shape index (κ2) is 6.44. The number of hydrogen-bond donors (Lipinski definition) is 2. The molecule has 0 aliphatic heterocycles. The Labute approximate surface area is 95.5 Å². The minimum atomic E-state index is -0.967. The van der Waals surface area contributed by atoms with Gasteiger partial charge in [-0.1, -0.05) is 20.8 Å². The van der Waals surface area contributed by atoms with E-state index in [-0.39, 0.29) is 18.2 Å². The Morgan fingerprint density at radius 1 is 1.50 bits per heavy atom. The molecule has 0 aliphatic rings. The van der Waals surface area contributed by atoms with Crippen molar-refractivity contribution in [3.8, 4) is 0 Å². The molecule has 0 fully saturated rings. The summed E-state index contributed by atoms with van der Waals surface area (Å²) in [5, 5.41) is 2.98. The van der Waals surface area contributed by atoms with Crippen LogP contribution in [0.15, 0.2) is 0 Å². The van der Waals surface area contributed by atoms with E-state index in [1.165, 1.54) is 7.11 Å². The van der Waals surface area contributed by atoms with Gasteiger partial charge in [-0.05, 0) is 5.41 Å². The van der Waals surface area contributed by atoms with Crippen molar-refractivity contribution in [1.29, 1.82) is 0 Å². The van der Waals surface area contributed by atoms with Crippen LogP contribution in [0.1, 0.15) is 20.8 Å². The Kier molecular flexibility index (Phi) is 5.98. The zero-order chi connectivity index (χ0) is 12.8. The van der Waals surface area contributed by atoms with E-state index in [1.54, 1.807) is 0 Å². The molecule has 6 nitrogen and oxygen atoms in total. The van der Waals surface area contributed by atoms with Gasteiger partial charge in [0.2, 0.25) is 0 Å². The zero-order valence-corrected chi connectivity index (χ0v) is 10.1. The minimum absolute atomic E-state index is 0.258. The highest BCUT2D eigenvalue weighted by Gasteiger charge is 2.34. The van der Waals surface area contributed by atoms with Crippen molar-refractivity contribution >= 4 is 12.4 Å². The number of carbonyl (C=O) groups excluding carboxylic acids is 2. The van der Waals surface area contributed by atoms with Crippen molar-refractivity contribution in [1.82, 2.24) is 5.32 Å². The highest BCUT2D eigenvalue weighted by Crippen LogP contribution is 2.22. The van der Waals surface area contributed by atoms with Crippen LogP contribution in [0.25, 0.3) is 0 Å². The Bertz CT molecular complexity index is 237. The van der Waals surface area contributed by atoms with E-state index < -0.39 is 12.2 Å². The summed E-state index contributed by atoms with van der Waals surface area (Å²) < 4.78 is 9.61. The maximum atomic E-state index is 10.9. The molecule has 16 heavy (non-hydrogen) atoms. The van der Waals surface area contributed by atoms with Gasteiger partial charge in [-0.3, -0.25) is 10.1 Å². The van der Waals surface area contributed by atoms with Gasteiger partial charge in [0.15, 0.2) is 12.4 Å². The number of rotatable bonds is 6. The molecule has 0 aromatic carbocycles. The van der Waals surface area contributed by atoms with Crippen LogP contribution in [0, 0.1) is 5.41 Å². The first kappa shape index (κ1) is 14.9. The fourth-order valence-corrected chi connectivity index (χ4v) is 1.40. The summed E-state index contributed by atoms with van der Waals surface area (Å²) in [5.41, 5.74) is 4.62. The van der Waals surface area contributed by atoms with Gasteiger partial charge >= 0.3 is 6.09 Å². The van der Waals surface area contributed by atoms with E-state index in [2.05, 4.69) is 5.32 Å². The third-order valence-corrected chi connectivity index (χ3v) is 2.10. The maximum Gasteiger partial charge on any atom is 0.405 e. The van der Waals surface area contributed by atoms with Gasteiger partial charge in [-0.25, -0.2) is 4.79 Å². The van der Waals surface area contributed by atoms with Gasteiger partial charge in [0.1, 0.15) is 0 Å². The molecule has 0 bridgehead atoms. The number of ether oxygens (including phenoxy) is 2. The molecule has 94 valence electrons. The predicted molar refractivity (Wildman–Crippen MR) is 58.8 cm³/mol. The molecular weight excluding hydrogens is 212 g/mol. The van der Waals surface area contributed by atoms with Crippen LogP contribution >= 0.6 is 0 Å². The highest BCUT2D eigenvalue weighted by atomic mass is 16.6. The number of hydrogen-bond acceptors (Lipinski definition) is 5. The largest absolute Gasteiger partial charge is 0.437 e. The molecule has 0 saturated heterocycles. The third-order valence-electron chi connectivity index (χ3n) is 2.10. The topological polar surface area (TPSA) is 90.7 Å². The molecular formula is C10H20N2O4. The fourth-order valence-electron chi connectivity index (χ4n) is 1.40. The van der Waals surface area contributed by atoms with E-state index in [0.717, 1.165) is 0 Å². The van der Waals surface area contributed by atoms with E-state index in [4.69, 9.17) is 15.2 Å². The summed E-state index contributed by atoms with van der Waals surface area (Å²) in [6.45, 7) is 6.01. The van der Waals surface area contributed by atoms with Crippen LogP contribution in [-0.4, -0.2) is 38.4 Å². The van der Waals surface area contributed by atoms with E-state index in [9.17, 15) is 9.59 Å². The van der Waals surface area contributed by atoms with Crippen LogP contribution < -0.4 is 11.1 Å². The van der Waals surface area contributed by atoms with Gasteiger partial charge in [-0.15, -0.1) is 0 Å². The van der Waals surface area contributed by atoms with Gasteiger partial charge in [0.05, 0.1) is 12.8 Å². The highest BCUT2D eigenvalue weighted by molar-refractivity contribution is 5.69. The molecule has 0 aliphatic carbocycles. The monoisotopic (exact) mass is 232 g/mol. The van der Waals surface area contributed by atoms with E-state index in [0.29, 0.717) is 6.29 Å².